The molecule has 1 heterocycles. The van der Waals surface area contributed by atoms with Gasteiger partial charge in [0.2, 0.25) is 5.91 Å². The van der Waals surface area contributed by atoms with Gasteiger partial charge < -0.3 is 10.6 Å². The van der Waals surface area contributed by atoms with E-state index in [0.717, 1.165) is 23.6 Å². The molecular formula is C16H22N2O. The first-order chi connectivity index (χ1) is 9.15. The van der Waals surface area contributed by atoms with E-state index in [1.54, 1.807) is 4.90 Å². The molecule has 3 nitrogen and oxygen atoms in total. The summed E-state index contributed by atoms with van der Waals surface area (Å²) >= 11 is 0. The standard InChI is InChI=1S/C16H22N2O/c1-18-15-7-6-12(9-13(15)10-16(18)19)14(17)8-11-4-2-3-5-11/h6-7,9,11,14H,2-5,8,10,17H2,1H3. The van der Waals surface area contributed by atoms with Crippen molar-refractivity contribution in [2.24, 2.45) is 11.7 Å². The number of amides is 1. The number of nitrogens with two attached hydrogens (primary N) is 1. The van der Waals surface area contributed by atoms with Gasteiger partial charge in [0.1, 0.15) is 0 Å². The Bertz CT molecular complexity index is 492. The zero-order valence-corrected chi connectivity index (χ0v) is 11.6. The van der Waals surface area contributed by atoms with Crippen LogP contribution in [0.25, 0.3) is 0 Å². The number of carbonyl (C=O) groups is 1. The number of fused-ring (bicyclic) bond motifs is 1. The number of likely N-dealkylation sites (N-methyl/N-ethyl adjacent to an activating group) is 1. The second-order valence-corrected chi connectivity index (χ2v) is 6.01. The molecule has 2 aliphatic rings. The average molecular weight is 258 g/mol. The van der Waals surface area contributed by atoms with Gasteiger partial charge in [-0.2, -0.15) is 0 Å². The Balaban J connectivity index is 1.75. The highest BCUT2D eigenvalue weighted by molar-refractivity contribution is 6.00. The third-order valence-electron chi connectivity index (χ3n) is 4.67. The van der Waals surface area contributed by atoms with E-state index in [1.807, 2.05) is 13.1 Å². The van der Waals surface area contributed by atoms with Crippen molar-refractivity contribution in [3.05, 3.63) is 29.3 Å². The monoisotopic (exact) mass is 258 g/mol. The van der Waals surface area contributed by atoms with Crippen LogP contribution < -0.4 is 10.6 Å². The fourth-order valence-electron chi connectivity index (χ4n) is 3.46. The van der Waals surface area contributed by atoms with Gasteiger partial charge in [-0.05, 0) is 29.5 Å². The minimum absolute atomic E-state index is 0.120. The third-order valence-corrected chi connectivity index (χ3v) is 4.67. The maximum absolute atomic E-state index is 11.7. The summed E-state index contributed by atoms with van der Waals surface area (Å²) in [4.78, 5) is 13.4. The van der Waals surface area contributed by atoms with E-state index < -0.39 is 0 Å². The molecule has 1 aliphatic heterocycles. The molecule has 1 aromatic carbocycles. The SMILES string of the molecule is CN1C(=O)Cc2cc(C(N)CC3CCCC3)ccc21. The first kappa shape index (κ1) is 12.7. The van der Waals surface area contributed by atoms with Crippen LogP contribution in [0.3, 0.4) is 0 Å². The maximum atomic E-state index is 11.7. The minimum atomic E-state index is 0.120. The van der Waals surface area contributed by atoms with Crippen LogP contribution in [-0.4, -0.2) is 13.0 Å². The van der Waals surface area contributed by atoms with E-state index >= 15 is 0 Å². The molecule has 2 N–H and O–H groups in total. The molecule has 0 aromatic heterocycles. The lowest BCUT2D eigenvalue weighted by Gasteiger charge is -2.18. The molecule has 1 saturated carbocycles. The van der Waals surface area contributed by atoms with E-state index in [1.165, 1.54) is 31.2 Å². The van der Waals surface area contributed by atoms with Crippen molar-refractivity contribution in [1.82, 2.24) is 0 Å². The van der Waals surface area contributed by atoms with Gasteiger partial charge in [0.25, 0.3) is 0 Å². The molecule has 0 saturated heterocycles. The summed E-state index contributed by atoms with van der Waals surface area (Å²) in [5, 5.41) is 0. The first-order valence-electron chi connectivity index (χ1n) is 7.30. The number of nitrogens with zero attached hydrogens (tertiary/aromatic N) is 1. The van der Waals surface area contributed by atoms with Gasteiger partial charge in [0, 0.05) is 18.8 Å². The van der Waals surface area contributed by atoms with Gasteiger partial charge in [-0.3, -0.25) is 4.79 Å². The van der Waals surface area contributed by atoms with Gasteiger partial charge in [-0.1, -0.05) is 37.8 Å². The normalized spacial score (nSPS) is 20.9. The van der Waals surface area contributed by atoms with Crippen LogP contribution in [0.1, 0.15) is 49.3 Å². The van der Waals surface area contributed by atoms with Crippen molar-refractivity contribution in [2.75, 3.05) is 11.9 Å². The Morgan fingerprint density at radius 2 is 2.11 bits per heavy atom. The van der Waals surface area contributed by atoms with Gasteiger partial charge in [0.05, 0.1) is 6.42 Å². The lowest BCUT2D eigenvalue weighted by atomic mass is 9.93. The summed E-state index contributed by atoms with van der Waals surface area (Å²) in [5.74, 6) is 0.976. The third kappa shape index (κ3) is 2.39. The van der Waals surface area contributed by atoms with E-state index in [-0.39, 0.29) is 11.9 Å². The summed E-state index contributed by atoms with van der Waals surface area (Å²) in [6.45, 7) is 0. The summed E-state index contributed by atoms with van der Waals surface area (Å²) < 4.78 is 0. The molecule has 1 amide bonds. The predicted molar refractivity (Wildman–Crippen MR) is 77.1 cm³/mol. The van der Waals surface area contributed by atoms with Gasteiger partial charge >= 0.3 is 0 Å². The largest absolute Gasteiger partial charge is 0.324 e. The molecule has 0 radical (unpaired) electrons. The fourth-order valence-corrected chi connectivity index (χ4v) is 3.46. The van der Waals surface area contributed by atoms with E-state index in [4.69, 9.17) is 5.73 Å². The summed E-state index contributed by atoms with van der Waals surface area (Å²) in [6.07, 6.45) is 7.00. The van der Waals surface area contributed by atoms with Crippen LogP contribution in [0.5, 0.6) is 0 Å². The van der Waals surface area contributed by atoms with Crippen LogP contribution in [0.4, 0.5) is 5.69 Å². The Morgan fingerprint density at radius 3 is 2.84 bits per heavy atom. The molecule has 0 bridgehead atoms. The lowest BCUT2D eigenvalue weighted by molar-refractivity contribution is -0.117. The van der Waals surface area contributed by atoms with Crippen LogP contribution in [-0.2, 0) is 11.2 Å². The molecule has 1 unspecified atom stereocenters. The zero-order chi connectivity index (χ0) is 13.4. The number of rotatable bonds is 3. The van der Waals surface area contributed by atoms with E-state index in [2.05, 4.69) is 12.1 Å². The highest BCUT2D eigenvalue weighted by Gasteiger charge is 2.25. The highest BCUT2D eigenvalue weighted by Crippen LogP contribution is 2.34. The second-order valence-electron chi connectivity index (χ2n) is 6.01. The smallest absolute Gasteiger partial charge is 0.231 e. The van der Waals surface area contributed by atoms with Crippen molar-refractivity contribution in [1.29, 1.82) is 0 Å². The molecule has 3 rings (SSSR count). The number of hydrogen-bond donors (Lipinski definition) is 1. The van der Waals surface area contributed by atoms with Crippen LogP contribution in [0.2, 0.25) is 0 Å². The van der Waals surface area contributed by atoms with E-state index in [0.29, 0.717) is 6.42 Å². The quantitative estimate of drug-likeness (QED) is 0.906. The van der Waals surface area contributed by atoms with E-state index in [9.17, 15) is 4.79 Å². The Hall–Kier alpha value is -1.35. The molecule has 1 atom stereocenters. The van der Waals surface area contributed by atoms with Crippen molar-refractivity contribution in [3.63, 3.8) is 0 Å². The minimum Gasteiger partial charge on any atom is -0.324 e. The van der Waals surface area contributed by atoms with Crippen molar-refractivity contribution in [3.8, 4) is 0 Å². The first-order valence-corrected chi connectivity index (χ1v) is 7.30. The highest BCUT2D eigenvalue weighted by atomic mass is 16.2. The number of hydrogen-bond acceptors (Lipinski definition) is 2. The molecule has 1 aromatic rings. The second kappa shape index (κ2) is 4.97. The summed E-state index contributed by atoms with van der Waals surface area (Å²) in [7, 11) is 1.84. The van der Waals surface area contributed by atoms with Crippen LogP contribution in [0.15, 0.2) is 18.2 Å². The van der Waals surface area contributed by atoms with Gasteiger partial charge in [0.15, 0.2) is 0 Å². The zero-order valence-electron chi connectivity index (χ0n) is 11.6. The lowest BCUT2D eigenvalue weighted by Crippen LogP contribution is -2.20. The average Bonchev–Trinajstić information content (AvgIpc) is 2.99. The molecule has 1 aliphatic carbocycles. The van der Waals surface area contributed by atoms with Crippen molar-refractivity contribution in [2.45, 2.75) is 44.6 Å². The van der Waals surface area contributed by atoms with Crippen LogP contribution in [0, 0.1) is 5.92 Å². The summed E-state index contributed by atoms with van der Waals surface area (Å²) in [6, 6.07) is 6.39. The Morgan fingerprint density at radius 1 is 1.37 bits per heavy atom. The van der Waals surface area contributed by atoms with Crippen molar-refractivity contribution >= 4 is 11.6 Å². The number of carbonyl (C=O) groups excluding carboxylic acids is 1. The fraction of sp³-hybridized carbons (Fsp3) is 0.562. The van der Waals surface area contributed by atoms with Gasteiger partial charge in [-0.25, -0.2) is 0 Å². The molecule has 19 heavy (non-hydrogen) atoms. The number of benzene rings is 1. The molecule has 0 spiro atoms. The Kier molecular flexibility index (Phi) is 3.31. The summed E-state index contributed by atoms with van der Waals surface area (Å²) in [5.41, 5.74) is 9.70. The molecular weight excluding hydrogens is 236 g/mol. The molecule has 3 heteroatoms. The molecule has 102 valence electrons. The van der Waals surface area contributed by atoms with Crippen molar-refractivity contribution < 1.29 is 4.79 Å². The van der Waals surface area contributed by atoms with Crippen LogP contribution >= 0.6 is 0 Å². The topological polar surface area (TPSA) is 46.3 Å². The maximum Gasteiger partial charge on any atom is 0.231 e. The Labute approximate surface area is 114 Å². The molecule has 1 fully saturated rings. The number of anilines is 1. The van der Waals surface area contributed by atoms with Gasteiger partial charge in [-0.15, -0.1) is 0 Å². The predicted octanol–water partition coefficient (Wildman–Crippen LogP) is 2.79.